The predicted octanol–water partition coefficient (Wildman–Crippen LogP) is 4.97. The van der Waals surface area contributed by atoms with Crippen molar-refractivity contribution >= 4 is 44.3 Å². The molecule has 0 unspecified atom stereocenters. The Kier molecular flexibility index (Phi) is 2.63. The molecule has 0 aliphatic carbocycles. The third kappa shape index (κ3) is 1.59. The minimum absolute atomic E-state index is 0.881. The van der Waals surface area contributed by atoms with Crippen LogP contribution in [-0.4, -0.2) is 12.5 Å². The molecule has 2 aromatic carbocycles. The summed E-state index contributed by atoms with van der Waals surface area (Å²) in [4.78, 5) is 2.96. The van der Waals surface area contributed by atoms with Gasteiger partial charge in [-0.05, 0) is 36.8 Å². The summed E-state index contributed by atoms with van der Waals surface area (Å²) in [6.45, 7) is 0. The zero-order chi connectivity index (χ0) is 12.0. The van der Waals surface area contributed by atoms with Gasteiger partial charge in [0.05, 0.1) is 34.2 Å². The maximum atomic E-state index is 2.40. The van der Waals surface area contributed by atoms with E-state index in [-0.39, 0.29) is 0 Å². The van der Waals surface area contributed by atoms with Gasteiger partial charge in [-0.15, -0.1) is 0 Å². The van der Waals surface area contributed by atoms with E-state index in [2.05, 4.69) is 87.0 Å². The van der Waals surface area contributed by atoms with Crippen molar-refractivity contribution in [2.45, 2.75) is 9.79 Å². The Morgan fingerprint density at radius 3 is 1.71 bits per heavy atom. The SMILES string of the molecule is CS1(C)c2ccccc2N(I)c2ccccc21. The number of halogens is 1. The Bertz CT molecular complexity index is 530. The number of benzene rings is 2. The molecule has 17 heavy (non-hydrogen) atoms. The maximum absolute atomic E-state index is 2.40. The van der Waals surface area contributed by atoms with Crippen molar-refractivity contribution < 1.29 is 0 Å². The standard InChI is InChI=1S/C14H14INS/c1-17(2)13-9-5-3-7-11(13)16(15)12-8-4-6-10-14(12)17/h3-10H,1-2H3. The molecule has 0 atom stereocenters. The van der Waals surface area contributed by atoms with Crippen molar-refractivity contribution in [1.29, 1.82) is 0 Å². The molecule has 3 heteroatoms. The first-order valence-electron chi connectivity index (χ1n) is 5.50. The van der Waals surface area contributed by atoms with E-state index >= 15 is 0 Å². The second kappa shape index (κ2) is 3.92. The lowest BCUT2D eigenvalue weighted by molar-refractivity contribution is 1.24. The van der Waals surface area contributed by atoms with Crippen molar-refractivity contribution in [3.8, 4) is 0 Å². The molecular formula is C14H14INS. The summed E-state index contributed by atoms with van der Waals surface area (Å²) in [5, 5.41) is 0. The molecule has 0 radical (unpaired) electrons. The third-order valence-electron chi connectivity index (χ3n) is 3.25. The van der Waals surface area contributed by atoms with Gasteiger partial charge in [0.15, 0.2) is 0 Å². The van der Waals surface area contributed by atoms with E-state index in [9.17, 15) is 0 Å². The smallest absolute Gasteiger partial charge is 0.0647 e. The molecular weight excluding hydrogens is 341 g/mol. The van der Waals surface area contributed by atoms with Crippen molar-refractivity contribution in [1.82, 2.24) is 0 Å². The fourth-order valence-corrected chi connectivity index (χ4v) is 5.96. The highest BCUT2D eigenvalue weighted by molar-refractivity contribution is 14.1. The van der Waals surface area contributed by atoms with Crippen LogP contribution in [0.4, 0.5) is 11.4 Å². The number of nitrogens with zero attached hydrogens (tertiary/aromatic N) is 1. The third-order valence-corrected chi connectivity index (χ3v) is 7.18. The predicted molar refractivity (Wildman–Crippen MR) is 85.0 cm³/mol. The molecule has 0 bridgehead atoms. The second-order valence-electron chi connectivity index (χ2n) is 4.54. The van der Waals surface area contributed by atoms with Crippen molar-refractivity contribution in [2.24, 2.45) is 0 Å². The first-order chi connectivity index (χ1) is 8.12. The molecule has 88 valence electrons. The number of para-hydroxylation sites is 2. The highest BCUT2D eigenvalue weighted by Gasteiger charge is 2.31. The molecule has 0 N–H and O–H groups in total. The number of fused-ring (bicyclic) bond motifs is 2. The van der Waals surface area contributed by atoms with E-state index in [0.29, 0.717) is 0 Å². The van der Waals surface area contributed by atoms with E-state index in [1.54, 1.807) is 0 Å². The first kappa shape index (κ1) is 11.4. The van der Waals surface area contributed by atoms with Crippen molar-refractivity contribution in [2.75, 3.05) is 15.6 Å². The van der Waals surface area contributed by atoms with Crippen LogP contribution in [-0.2, 0) is 0 Å². The fraction of sp³-hybridized carbons (Fsp3) is 0.143. The van der Waals surface area contributed by atoms with Gasteiger partial charge in [0.2, 0.25) is 0 Å². The molecule has 1 aliphatic rings. The van der Waals surface area contributed by atoms with E-state index < -0.39 is 10.0 Å². The summed E-state index contributed by atoms with van der Waals surface area (Å²) in [6, 6.07) is 17.5. The molecule has 0 fully saturated rings. The summed E-state index contributed by atoms with van der Waals surface area (Å²) in [5.41, 5.74) is 2.68. The Labute approximate surface area is 118 Å². The highest BCUT2D eigenvalue weighted by Crippen LogP contribution is 2.66. The van der Waals surface area contributed by atoms with E-state index in [1.165, 1.54) is 21.2 Å². The van der Waals surface area contributed by atoms with Gasteiger partial charge in [0.25, 0.3) is 0 Å². The molecule has 0 amide bonds. The fourth-order valence-electron chi connectivity index (χ4n) is 2.35. The zero-order valence-corrected chi connectivity index (χ0v) is 12.8. The van der Waals surface area contributed by atoms with Crippen LogP contribution < -0.4 is 3.11 Å². The van der Waals surface area contributed by atoms with Crippen LogP contribution in [0.3, 0.4) is 0 Å². The summed E-state index contributed by atoms with van der Waals surface area (Å²) < 4.78 is 2.28. The van der Waals surface area contributed by atoms with Gasteiger partial charge in [0, 0.05) is 9.79 Å². The van der Waals surface area contributed by atoms with Crippen LogP contribution in [0.15, 0.2) is 58.3 Å². The summed E-state index contributed by atoms with van der Waals surface area (Å²) in [5.74, 6) is 0. The molecule has 3 rings (SSSR count). The van der Waals surface area contributed by atoms with Crippen LogP contribution in [0.2, 0.25) is 0 Å². The van der Waals surface area contributed by atoms with Gasteiger partial charge >= 0.3 is 0 Å². The van der Waals surface area contributed by atoms with Gasteiger partial charge < -0.3 is 0 Å². The molecule has 1 heterocycles. The molecule has 0 aromatic heterocycles. The average Bonchev–Trinajstić information content (AvgIpc) is 2.37. The molecule has 0 saturated heterocycles. The van der Waals surface area contributed by atoms with Crippen LogP contribution >= 0.6 is 32.9 Å². The minimum atomic E-state index is -0.881. The first-order valence-corrected chi connectivity index (χ1v) is 8.91. The largest absolute Gasteiger partial charge is 0.281 e. The van der Waals surface area contributed by atoms with Crippen LogP contribution in [0.5, 0.6) is 0 Å². The van der Waals surface area contributed by atoms with E-state index in [0.717, 1.165) is 0 Å². The van der Waals surface area contributed by atoms with Gasteiger partial charge in [-0.2, -0.15) is 10.0 Å². The maximum Gasteiger partial charge on any atom is 0.0647 e. The topological polar surface area (TPSA) is 3.24 Å². The lowest BCUT2D eigenvalue weighted by Crippen LogP contribution is -2.14. The second-order valence-corrected chi connectivity index (χ2v) is 9.04. The van der Waals surface area contributed by atoms with Gasteiger partial charge in [0.1, 0.15) is 0 Å². The molecule has 1 nitrogen and oxygen atoms in total. The summed E-state index contributed by atoms with van der Waals surface area (Å²) >= 11 is 2.40. The number of hydrogen-bond acceptors (Lipinski definition) is 1. The van der Waals surface area contributed by atoms with Crippen molar-refractivity contribution in [3.63, 3.8) is 0 Å². The molecule has 0 spiro atoms. The lowest BCUT2D eigenvalue weighted by atomic mass is 10.2. The zero-order valence-electron chi connectivity index (χ0n) is 9.85. The monoisotopic (exact) mass is 355 g/mol. The lowest BCUT2D eigenvalue weighted by Gasteiger charge is -2.42. The molecule has 1 aliphatic heterocycles. The van der Waals surface area contributed by atoms with Crippen LogP contribution in [0.1, 0.15) is 0 Å². The Morgan fingerprint density at radius 2 is 1.24 bits per heavy atom. The highest BCUT2D eigenvalue weighted by atomic mass is 127. The Hall–Kier alpha value is -0.680. The average molecular weight is 355 g/mol. The van der Waals surface area contributed by atoms with Gasteiger partial charge in [-0.3, -0.25) is 3.11 Å². The van der Waals surface area contributed by atoms with Crippen LogP contribution in [0.25, 0.3) is 0 Å². The Morgan fingerprint density at radius 1 is 0.824 bits per heavy atom. The number of hydrogen-bond donors (Lipinski definition) is 0. The van der Waals surface area contributed by atoms with Gasteiger partial charge in [-0.25, -0.2) is 0 Å². The summed E-state index contributed by atoms with van der Waals surface area (Å²) in [6.07, 6.45) is 4.77. The molecule has 2 aromatic rings. The van der Waals surface area contributed by atoms with E-state index in [1.807, 2.05) is 0 Å². The number of anilines is 2. The quantitative estimate of drug-likeness (QED) is 0.476. The van der Waals surface area contributed by atoms with Gasteiger partial charge in [-0.1, -0.05) is 24.3 Å². The Balaban J connectivity index is 2.34. The number of rotatable bonds is 0. The normalized spacial score (nSPS) is 18.2. The summed E-state index contributed by atoms with van der Waals surface area (Å²) in [7, 11) is -0.881. The van der Waals surface area contributed by atoms with E-state index in [4.69, 9.17) is 0 Å². The molecule has 0 saturated carbocycles. The van der Waals surface area contributed by atoms with Crippen LogP contribution in [0, 0.1) is 0 Å². The van der Waals surface area contributed by atoms with Crippen molar-refractivity contribution in [3.05, 3.63) is 48.5 Å². The minimum Gasteiger partial charge on any atom is -0.281 e.